The third-order valence-electron chi connectivity index (χ3n) is 9.87. The fourth-order valence-electron chi connectivity index (χ4n) is 9.60. The van der Waals surface area contributed by atoms with Gasteiger partial charge in [0.2, 0.25) is 5.91 Å². The van der Waals surface area contributed by atoms with E-state index in [-0.39, 0.29) is 5.41 Å². The summed E-state index contributed by atoms with van der Waals surface area (Å²) in [6, 6.07) is 0.404. The molecule has 0 aromatic heterocycles. The van der Waals surface area contributed by atoms with Gasteiger partial charge >= 0.3 is 0 Å². The van der Waals surface area contributed by atoms with Crippen LogP contribution < -0.4 is 5.32 Å². The Morgan fingerprint density at radius 1 is 0.720 bits per heavy atom. The molecule has 25 heavy (non-hydrogen) atoms. The van der Waals surface area contributed by atoms with Gasteiger partial charge in [-0.3, -0.25) is 4.79 Å². The first kappa shape index (κ1) is 15.5. The third-order valence-corrected chi connectivity index (χ3v) is 9.87. The predicted octanol–water partition coefficient (Wildman–Crippen LogP) is 4.92. The lowest BCUT2D eigenvalue weighted by Gasteiger charge is -2.60. The van der Waals surface area contributed by atoms with Crippen molar-refractivity contribution < 1.29 is 4.79 Å². The lowest BCUT2D eigenvalue weighted by atomic mass is 9.47. The zero-order valence-electron chi connectivity index (χ0n) is 15.9. The Morgan fingerprint density at radius 3 is 1.48 bits per heavy atom. The molecule has 2 heteroatoms. The summed E-state index contributed by atoms with van der Waals surface area (Å²) in [4.78, 5) is 13.5. The number of hydrogen-bond donors (Lipinski definition) is 1. The van der Waals surface area contributed by atoms with Gasteiger partial charge in [-0.15, -0.1) is 0 Å². The van der Waals surface area contributed by atoms with E-state index in [1.54, 1.807) is 0 Å². The van der Waals surface area contributed by atoms with Gasteiger partial charge < -0.3 is 5.32 Å². The number of rotatable bonds is 3. The van der Waals surface area contributed by atoms with Crippen molar-refractivity contribution in [3.05, 3.63) is 0 Å². The summed E-state index contributed by atoms with van der Waals surface area (Å²) in [6.45, 7) is 2.37. The standard InChI is InChI=1S/C23H35NO/c1-14(22-8-15-2-16(9-22)4-17(3-15)10-22)24-21(25)23-11-18-5-19(12-23)7-20(6-18)13-23/h14-20H,2-13H2,1H3,(H,24,25)/t14-,15?,16?,17?,18?,19?,20?,22?,23?/m0/s1. The van der Waals surface area contributed by atoms with Crippen molar-refractivity contribution in [1.82, 2.24) is 5.32 Å². The molecule has 0 unspecified atom stereocenters. The van der Waals surface area contributed by atoms with Crippen LogP contribution >= 0.6 is 0 Å². The van der Waals surface area contributed by atoms with Crippen LogP contribution in [0.25, 0.3) is 0 Å². The van der Waals surface area contributed by atoms with Crippen LogP contribution in [-0.2, 0) is 4.79 Å². The Labute approximate surface area is 152 Å². The van der Waals surface area contributed by atoms with Crippen molar-refractivity contribution in [2.45, 2.75) is 90.0 Å². The fraction of sp³-hybridized carbons (Fsp3) is 0.957. The first-order valence-electron chi connectivity index (χ1n) is 11.3. The van der Waals surface area contributed by atoms with Crippen molar-refractivity contribution in [2.24, 2.45) is 46.3 Å². The number of hydrogen-bond acceptors (Lipinski definition) is 1. The summed E-state index contributed by atoms with van der Waals surface area (Å²) in [5, 5.41) is 3.66. The Morgan fingerprint density at radius 2 is 1.08 bits per heavy atom. The first-order valence-corrected chi connectivity index (χ1v) is 11.3. The quantitative estimate of drug-likeness (QED) is 0.775. The van der Waals surface area contributed by atoms with Crippen LogP contribution in [0.1, 0.15) is 84.0 Å². The second kappa shape index (κ2) is 5.04. The molecule has 8 aliphatic carbocycles. The van der Waals surface area contributed by atoms with Gasteiger partial charge in [0.15, 0.2) is 0 Å². The van der Waals surface area contributed by atoms with Gasteiger partial charge in [-0.1, -0.05) is 0 Å². The average molecular weight is 342 g/mol. The zero-order valence-corrected chi connectivity index (χ0v) is 15.9. The van der Waals surface area contributed by atoms with Gasteiger partial charge in [0.25, 0.3) is 0 Å². The fourth-order valence-corrected chi connectivity index (χ4v) is 9.60. The predicted molar refractivity (Wildman–Crippen MR) is 98.8 cm³/mol. The maximum Gasteiger partial charge on any atom is 0.226 e. The maximum atomic E-state index is 13.5. The van der Waals surface area contributed by atoms with Crippen LogP contribution in [0, 0.1) is 46.3 Å². The topological polar surface area (TPSA) is 29.1 Å². The van der Waals surface area contributed by atoms with Crippen molar-refractivity contribution in [3.63, 3.8) is 0 Å². The first-order chi connectivity index (χ1) is 12.0. The molecule has 0 heterocycles. The average Bonchev–Trinajstić information content (AvgIpc) is 2.52. The molecule has 8 rings (SSSR count). The minimum atomic E-state index is 0.0330. The smallest absolute Gasteiger partial charge is 0.226 e. The van der Waals surface area contributed by atoms with E-state index in [1.807, 2.05) is 0 Å². The van der Waals surface area contributed by atoms with Crippen molar-refractivity contribution in [2.75, 3.05) is 0 Å². The van der Waals surface area contributed by atoms with Crippen molar-refractivity contribution in [1.29, 1.82) is 0 Å². The van der Waals surface area contributed by atoms with Crippen LogP contribution in [0.5, 0.6) is 0 Å². The van der Waals surface area contributed by atoms with Crippen LogP contribution in [0.15, 0.2) is 0 Å². The van der Waals surface area contributed by atoms with E-state index < -0.39 is 0 Å². The molecule has 0 spiro atoms. The third kappa shape index (κ3) is 2.24. The highest BCUT2D eigenvalue weighted by molar-refractivity contribution is 5.83. The van der Waals surface area contributed by atoms with Crippen LogP contribution in [0.3, 0.4) is 0 Å². The van der Waals surface area contributed by atoms with Gasteiger partial charge in [-0.25, -0.2) is 0 Å². The summed E-state index contributed by atoms with van der Waals surface area (Å²) in [6.07, 6.45) is 16.6. The number of carbonyl (C=O) groups is 1. The normalized spacial score (nSPS) is 56.2. The molecule has 1 atom stereocenters. The van der Waals surface area contributed by atoms with E-state index >= 15 is 0 Å². The van der Waals surface area contributed by atoms with Crippen molar-refractivity contribution in [3.8, 4) is 0 Å². The highest BCUT2D eigenvalue weighted by Gasteiger charge is 2.57. The van der Waals surface area contributed by atoms with E-state index in [9.17, 15) is 4.79 Å². The van der Waals surface area contributed by atoms with E-state index in [0.29, 0.717) is 17.4 Å². The summed E-state index contributed by atoms with van der Waals surface area (Å²) < 4.78 is 0. The Balaban J connectivity index is 1.21. The molecule has 0 saturated heterocycles. The molecule has 8 fully saturated rings. The van der Waals surface area contributed by atoms with E-state index in [0.717, 1.165) is 35.5 Å². The molecule has 0 aromatic carbocycles. The highest BCUT2D eigenvalue weighted by Crippen LogP contribution is 2.62. The molecular weight excluding hydrogens is 306 g/mol. The van der Waals surface area contributed by atoms with E-state index in [2.05, 4.69) is 12.2 Å². The monoisotopic (exact) mass is 341 g/mol. The van der Waals surface area contributed by atoms with E-state index in [1.165, 1.54) is 77.0 Å². The van der Waals surface area contributed by atoms with Gasteiger partial charge in [0, 0.05) is 11.5 Å². The maximum absolute atomic E-state index is 13.5. The summed E-state index contributed by atoms with van der Waals surface area (Å²) in [5.41, 5.74) is 0.484. The molecule has 138 valence electrons. The molecular formula is C23H35NO. The van der Waals surface area contributed by atoms with Crippen LogP contribution in [0.2, 0.25) is 0 Å². The second-order valence-corrected chi connectivity index (χ2v) is 11.7. The molecule has 0 radical (unpaired) electrons. The summed E-state index contributed by atoms with van der Waals surface area (Å²) in [5.74, 6) is 6.00. The second-order valence-electron chi connectivity index (χ2n) is 11.7. The molecule has 8 bridgehead atoms. The Hall–Kier alpha value is -0.530. The van der Waals surface area contributed by atoms with Gasteiger partial charge in [-0.2, -0.15) is 0 Å². The number of amides is 1. The van der Waals surface area contributed by atoms with Gasteiger partial charge in [0.05, 0.1) is 0 Å². The lowest BCUT2D eigenvalue weighted by molar-refractivity contribution is -0.150. The Kier molecular flexibility index (Phi) is 3.13. The molecule has 8 saturated carbocycles. The van der Waals surface area contributed by atoms with Crippen molar-refractivity contribution >= 4 is 5.91 Å². The zero-order chi connectivity index (χ0) is 16.8. The SMILES string of the molecule is C[C@H](NC(=O)C12CC3CC(CC(C3)C1)C2)C12CC3CC(CC(C3)C1)C2. The summed E-state index contributed by atoms with van der Waals surface area (Å²) in [7, 11) is 0. The summed E-state index contributed by atoms with van der Waals surface area (Å²) >= 11 is 0. The van der Waals surface area contributed by atoms with Gasteiger partial charge in [-0.05, 0) is 125 Å². The molecule has 1 amide bonds. The van der Waals surface area contributed by atoms with Crippen LogP contribution in [0.4, 0.5) is 0 Å². The highest BCUT2D eigenvalue weighted by atomic mass is 16.2. The lowest BCUT2D eigenvalue weighted by Crippen LogP contribution is -2.60. The van der Waals surface area contributed by atoms with Crippen LogP contribution in [-0.4, -0.2) is 11.9 Å². The number of nitrogens with one attached hydrogen (secondary N) is 1. The van der Waals surface area contributed by atoms with E-state index in [4.69, 9.17) is 0 Å². The molecule has 8 aliphatic rings. The molecule has 0 aromatic rings. The minimum absolute atomic E-state index is 0.0330. The molecule has 2 nitrogen and oxygen atoms in total. The molecule has 0 aliphatic heterocycles. The minimum Gasteiger partial charge on any atom is -0.353 e. The largest absolute Gasteiger partial charge is 0.353 e. The molecule has 1 N–H and O–H groups in total. The Bertz CT molecular complexity index is 522. The number of carbonyl (C=O) groups excluding carboxylic acids is 1. The van der Waals surface area contributed by atoms with Gasteiger partial charge in [0.1, 0.15) is 0 Å².